The van der Waals surface area contributed by atoms with Crippen molar-refractivity contribution < 1.29 is 17.6 Å². The summed E-state index contributed by atoms with van der Waals surface area (Å²) >= 11 is 0. The Morgan fingerprint density at radius 3 is 2.52 bits per heavy atom. The first kappa shape index (κ1) is 19.5. The molecule has 1 unspecified atom stereocenters. The van der Waals surface area contributed by atoms with Crippen molar-refractivity contribution in [2.75, 3.05) is 6.54 Å². The lowest BCUT2D eigenvalue weighted by atomic mass is 10.1. The molecule has 0 saturated heterocycles. The van der Waals surface area contributed by atoms with Gasteiger partial charge in [0.15, 0.2) is 15.6 Å². The van der Waals surface area contributed by atoms with Crippen LogP contribution in [0.1, 0.15) is 29.0 Å². The summed E-state index contributed by atoms with van der Waals surface area (Å²) in [5, 5.41) is 2.84. The molecule has 0 bridgehead atoms. The van der Waals surface area contributed by atoms with Crippen LogP contribution in [-0.4, -0.2) is 26.9 Å². The monoisotopic (exact) mass is 384 g/mol. The molecule has 1 aromatic carbocycles. The Morgan fingerprint density at radius 2 is 1.92 bits per heavy atom. The summed E-state index contributed by atoms with van der Waals surface area (Å²) in [5.41, 5.74) is 6.04. The fourth-order valence-electron chi connectivity index (χ4n) is 2.67. The lowest BCUT2D eigenvalue weighted by molar-refractivity contribution is 0.0904. The number of sulfone groups is 1. The van der Waals surface area contributed by atoms with Gasteiger partial charge >= 0.3 is 0 Å². The third-order valence-electron chi connectivity index (χ3n) is 4.16. The molecule has 0 spiro atoms. The van der Waals surface area contributed by atoms with Gasteiger partial charge in [0.1, 0.15) is 0 Å². The van der Waals surface area contributed by atoms with Gasteiger partial charge in [-0.25, -0.2) is 8.42 Å². The second kappa shape index (κ2) is 8.03. The number of nitrogens with two attached hydrogens (primary N) is 1. The van der Waals surface area contributed by atoms with Gasteiger partial charge in [0.2, 0.25) is 0 Å². The minimum absolute atomic E-state index is 0. The fourth-order valence-corrected chi connectivity index (χ4v) is 4.04. The predicted octanol–water partition coefficient (Wildman–Crippen LogP) is 2.14. The van der Waals surface area contributed by atoms with Crippen LogP contribution in [0.4, 0.5) is 0 Å². The Hall–Kier alpha value is -1.83. The smallest absolute Gasteiger partial charge is 0.287 e. The second-order valence-electron chi connectivity index (χ2n) is 6.00. The Bertz CT molecular complexity index is 816. The quantitative estimate of drug-likeness (QED) is 0.761. The molecule has 3 rings (SSSR count). The Balaban J connectivity index is 0.00000225. The van der Waals surface area contributed by atoms with Gasteiger partial charge in [0.25, 0.3) is 5.91 Å². The van der Waals surface area contributed by atoms with Crippen LogP contribution < -0.4 is 11.1 Å². The van der Waals surface area contributed by atoms with Gasteiger partial charge in [0, 0.05) is 18.2 Å². The zero-order valence-corrected chi connectivity index (χ0v) is 15.2. The number of hydrogen-bond donors (Lipinski definition) is 2. The number of carbonyl (C=O) groups is 1. The number of halogens is 1. The van der Waals surface area contributed by atoms with E-state index in [1.54, 1.807) is 18.2 Å². The van der Waals surface area contributed by atoms with Gasteiger partial charge in [-0.05, 0) is 37.0 Å². The van der Waals surface area contributed by atoms with Crippen LogP contribution in [-0.2, 0) is 15.6 Å². The molecule has 1 aliphatic rings. The van der Waals surface area contributed by atoms with Crippen molar-refractivity contribution in [2.24, 2.45) is 11.7 Å². The molecule has 1 fully saturated rings. The van der Waals surface area contributed by atoms with Crippen molar-refractivity contribution in [1.82, 2.24) is 5.32 Å². The van der Waals surface area contributed by atoms with E-state index in [9.17, 15) is 13.2 Å². The van der Waals surface area contributed by atoms with Gasteiger partial charge in [-0.15, -0.1) is 12.4 Å². The molecule has 25 heavy (non-hydrogen) atoms. The van der Waals surface area contributed by atoms with Crippen LogP contribution in [0.3, 0.4) is 0 Å². The van der Waals surface area contributed by atoms with Gasteiger partial charge in [-0.1, -0.05) is 18.2 Å². The Labute approximate surface area is 153 Å². The fraction of sp³-hybridized carbons (Fsp3) is 0.353. The summed E-state index contributed by atoms with van der Waals surface area (Å²) < 4.78 is 30.2. The van der Waals surface area contributed by atoms with E-state index < -0.39 is 15.7 Å². The lowest BCUT2D eigenvalue weighted by Gasteiger charge is -2.15. The maximum absolute atomic E-state index is 12.5. The molecule has 2 aromatic rings. The van der Waals surface area contributed by atoms with Gasteiger partial charge in [-0.3, -0.25) is 4.79 Å². The van der Waals surface area contributed by atoms with Gasteiger partial charge < -0.3 is 15.5 Å². The Morgan fingerprint density at radius 1 is 1.24 bits per heavy atom. The molecule has 1 aliphatic carbocycles. The molecule has 1 amide bonds. The highest BCUT2D eigenvalue weighted by Crippen LogP contribution is 2.32. The van der Waals surface area contributed by atoms with E-state index in [0.717, 1.165) is 12.8 Å². The van der Waals surface area contributed by atoms with Crippen LogP contribution >= 0.6 is 12.4 Å². The van der Waals surface area contributed by atoms with E-state index in [1.807, 2.05) is 0 Å². The molecule has 1 heterocycles. The average Bonchev–Trinajstić information content (AvgIpc) is 3.32. The number of amides is 1. The largest absolute Gasteiger partial charge is 0.459 e. The third-order valence-corrected chi connectivity index (χ3v) is 5.84. The molecule has 1 aromatic heterocycles. The van der Waals surface area contributed by atoms with Crippen molar-refractivity contribution in [3.05, 3.63) is 54.0 Å². The van der Waals surface area contributed by atoms with Crippen molar-refractivity contribution in [3.8, 4) is 0 Å². The average molecular weight is 385 g/mol. The SMILES string of the molecule is Cl.NCC(NC(=O)c1occc1CS(=O)(=O)c1ccccc1)C1CC1. The summed E-state index contributed by atoms with van der Waals surface area (Å²) in [7, 11) is -3.54. The molecular formula is C17H21ClN2O4S. The first-order valence-electron chi connectivity index (χ1n) is 7.86. The third kappa shape index (κ3) is 4.62. The molecule has 6 nitrogen and oxygen atoms in total. The zero-order valence-electron chi connectivity index (χ0n) is 13.6. The molecule has 136 valence electrons. The summed E-state index contributed by atoms with van der Waals surface area (Å²) in [6, 6.07) is 9.57. The van der Waals surface area contributed by atoms with Crippen LogP contribution in [0.25, 0.3) is 0 Å². The molecule has 1 saturated carbocycles. The van der Waals surface area contributed by atoms with Gasteiger partial charge in [0.05, 0.1) is 16.9 Å². The van der Waals surface area contributed by atoms with Crippen molar-refractivity contribution in [2.45, 2.75) is 29.5 Å². The number of hydrogen-bond acceptors (Lipinski definition) is 5. The highest BCUT2D eigenvalue weighted by atomic mass is 35.5. The van der Waals surface area contributed by atoms with E-state index in [4.69, 9.17) is 10.2 Å². The van der Waals surface area contributed by atoms with Crippen LogP contribution in [0.2, 0.25) is 0 Å². The highest BCUT2D eigenvalue weighted by molar-refractivity contribution is 7.90. The van der Waals surface area contributed by atoms with E-state index in [-0.39, 0.29) is 34.9 Å². The lowest BCUT2D eigenvalue weighted by Crippen LogP contribution is -2.41. The topological polar surface area (TPSA) is 102 Å². The van der Waals surface area contributed by atoms with Crippen molar-refractivity contribution in [1.29, 1.82) is 0 Å². The summed E-state index contributed by atoms with van der Waals surface area (Å²) in [6.07, 6.45) is 3.43. The molecule has 0 aliphatic heterocycles. The molecule has 8 heteroatoms. The number of benzene rings is 1. The molecular weight excluding hydrogens is 364 g/mol. The summed E-state index contributed by atoms with van der Waals surface area (Å²) in [6.45, 7) is 0.356. The van der Waals surface area contributed by atoms with Gasteiger partial charge in [-0.2, -0.15) is 0 Å². The molecule has 1 atom stereocenters. The maximum Gasteiger partial charge on any atom is 0.287 e. The predicted molar refractivity (Wildman–Crippen MR) is 96.3 cm³/mol. The van der Waals surface area contributed by atoms with Crippen molar-refractivity contribution in [3.63, 3.8) is 0 Å². The van der Waals surface area contributed by atoms with Crippen LogP contribution in [0, 0.1) is 5.92 Å². The number of rotatable bonds is 7. The maximum atomic E-state index is 12.5. The number of carbonyl (C=O) groups excluding carboxylic acids is 1. The Kier molecular flexibility index (Phi) is 6.26. The first-order valence-corrected chi connectivity index (χ1v) is 9.51. The normalized spacial score (nSPS) is 15.2. The second-order valence-corrected chi connectivity index (χ2v) is 7.99. The first-order chi connectivity index (χ1) is 11.5. The van der Waals surface area contributed by atoms with E-state index in [0.29, 0.717) is 18.0 Å². The molecule has 3 N–H and O–H groups in total. The molecule has 0 radical (unpaired) electrons. The summed E-state index contributed by atoms with van der Waals surface area (Å²) in [5.74, 6) is -0.257. The highest BCUT2D eigenvalue weighted by Gasteiger charge is 2.32. The standard InChI is InChI=1S/C17H20N2O4S.ClH/c18-10-15(12-6-7-12)19-17(20)16-13(8-9-23-16)11-24(21,22)14-4-2-1-3-5-14;/h1-5,8-9,12,15H,6-7,10-11,18H2,(H,19,20);1H. The van der Waals surface area contributed by atoms with E-state index >= 15 is 0 Å². The number of furan rings is 1. The van der Waals surface area contributed by atoms with Crippen LogP contribution in [0.15, 0.2) is 52.0 Å². The summed E-state index contributed by atoms with van der Waals surface area (Å²) in [4.78, 5) is 12.6. The minimum Gasteiger partial charge on any atom is -0.459 e. The zero-order chi connectivity index (χ0) is 17.2. The van der Waals surface area contributed by atoms with Crippen LogP contribution in [0.5, 0.6) is 0 Å². The minimum atomic E-state index is -3.54. The van der Waals surface area contributed by atoms with Crippen molar-refractivity contribution >= 4 is 28.2 Å². The van der Waals surface area contributed by atoms with E-state index in [2.05, 4.69) is 5.32 Å². The van der Waals surface area contributed by atoms with E-state index in [1.165, 1.54) is 24.5 Å². The number of nitrogens with one attached hydrogen (secondary N) is 1.